The van der Waals surface area contributed by atoms with E-state index in [0.717, 1.165) is 20.3 Å². The van der Waals surface area contributed by atoms with E-state index in [9.17, 15) is 14.4 Å². The number of ether oxygens (including phenoxy) is 1. The van der Waals surface area contributed by atoms with Gasteiger partial charge in [-0.2, -0.15) is 0 Å². The van der Waals surface area contributed by atoms with Gasteiger partial charge in [0.25, 0.3) is 17.9 Å². The van der Waals surface area contributed by atoms with E-state index in [4.69, 9.17) is 18.0 Å². The summed E-state index contributed by atoms with van der Waals surface area (Å²) in [6.07, 6.45) is 1.46. The molecular weight excluding hydrogens is 284 g/mol. The molecule has 7 nitrogen and oxygen atoms in total. The molecule has 0 rings (SSSR count). The summed E-state index contributed by atoms with van der Waals surface area (Å²) < 4.78 is 19.9. The van der Waals surface area contributed by atoms with Crippen LogP contribution in [0.5, 0.6) is 0 Å². The predicted molar refractivity (Wildman–Crippen MR) is 71.6 cm³/mol. The molecule has 0 N–H and O–H groups in total. The van der Waals surface area contributed by atoms with E-state index in [1.165, 1.54) is 6.55 Å². The molecule has 0 amide bonds. The van der Waals surface area contributed by atoms with E-state index in [2.05, 4.69) is 0 Å². The van der Waals surface area contributed by atoms with Crippen molar-refractivity contribution >= 4 is 26.7 Å². The molecule has 20 heavy (non-hydrogen) atoms. The minimum absolute atomic E-state index is 0.151. The average molecular weight is 306 g/mol. The van der Waals surface area contributed by atoms with Gasteiger partial charge in [-0.25, -0.2) is 0 Å². The number of rotatable bonds is 9. The van der Waals surface area contributed by atoms with Gasteiger partial charge in [-0.15, -0.1) is 0 Å². The van der Waals surface area contributed by atoms with Crippen LogP contribution in [0.4, 0.5) is 0 Å². The minimum Gasteiger partial charge on any atom is -0.455 e. The molecule has 0 aliphatic rings. The van der Waals surface area contributed by atoms with Crippen LogP contribution >= 0.6 is 0 Å². The molecule has 0 aromatic carbocycles. The van der Waals surface area contributed by atoms with Crippen LogP contribution in [0.3, 0.4) is 0 Å². The van der Waals surface area contributed by atoms with Crippen molar-refractivity contribution in [1.82, 2.24) is 0 Å². The molecule has 0 bridgehead atoms. The second-order valence-corrected chi connectivity index (χ2v) is 6.51. The molecule has 0 fully saturated rings. The number of hydrogen-bond acceptors (Lipinski definition) is 7. The van der Waals surface area contributed by atoms with Gasteiger partial charge in [0.1, 0.15) is 0 Å². The first-order valence-corrected chi connectivity index (χ1v) is 8.70. The van der Waals surface area contributed by atoms with Crippen LogP contribution < -0.4 is 0 Å². The lowest BCUT2D eigenvalue weighted by atomic mass is 10.2. The lowest BCUT2D eigenvalue weighted by Crippen LogP contribution is -2.46. The second-order valence-electron chi connectivity index (χ2n) is 4.18. The van der Waals surface area contributed by atoms with E-state index >= 15 is 0 Å². The van der Waals surface area contributed by atoms with Crippen LogP contribution in [0.2, 0.25) is 6.55 Å². The summed E-state index contributed by atoms with van der Waals surface area (Å²) in [5, 5.41) is 0. The molecular formula is C12H22O7Si. The van der Waals surface area contributed by atoms with Crippen LogP contribution in [-0.4, -0.2) is 39.9 Å². The summed E-state index contributed by atoms with van der Waals surface area (Å²) in [5.41, 5.74) is 0. The third kappa shape index (κ3) is 9.51. The first-order valence-electron chi connectivity index (χ1n) is 6.48. The highest BCUT2D eigenvalue weighted by Gasteiger charge is 2.46. The van der Waals surface area contributed by atoms with Crippen molar-refractivity contribution in [1.29, 1.82) is 0 Å². The Kier molecular flexibility index (Phi) is 8.81. The van der Waals surface area contributed by atoms with Crippen molar-refractivity contribution in [3.8, 4) is 0 Å². The Balaban J connectivity index is 4.25. The first kappa shape index (κ1) is 18.6. The van der Waals surface area contributed by atoms with E-state index < -0.39 is 26.7 Å². The summed E-state index contributed by atoms with van der Waals surface area (Å²) in [6, 6.07) is 0. The van der Waals surface area contributed by atoms with E-state index in [-0.39, 0.29) is 6.42 Å². The van der Waals surface area contributed by atoms with Gasteiger partial charge in [0.05, 0.1) is 0 Å². The molecule has 0 aromatic heterocycles. The molecule has 0 heterocycles. The molecule has 0 unspecified atom stereocenters. The van der Waals surface area contributed by atoms with Crippen LogP contribution in [0.25, 0.3) is 0 Å². The van der Waals surface area contributed by atoms with Crippen molar-refractivity contribution in [2.24, 2.45) is 0 Å². The topological polar surface area (TPSA) is 88.1 Å². The summed E-state index contributed by atoms with van der Waals surface area (Å²) in [6.45, 7) is 6.74. The fourth-order valence-electron chi connectivity index (χ4n) is 1.46. The highest BCUT2D eigenvalue weighted by molar-refractivity contribution is 6.64. The molecule has 116 valence electrons. The molecule has 0 aliphatic heterocycles. The van der Waals surface area contributed by atoms with Crippen molar-refractivity contribution in [3.63, 3.8) is 0 Å². The van der Waals surface area contributed by atoms with Gasteiger partial charge in [-0.3, -0.25) is 14.4 Å². The zero-order valence-electron chi connectivity index (χ0n) is 12.4. The number of carbonyl (C=O) groups is 3. The minimum atomic E-state index is -3.59. The molecule has 0 saturated carbocycles. The third-order valence-corrected chi connectivity index (χ3v) is 4.00. The van der Waals surface area contributed by atoms with Gasteiger partial charge in [0, 0.05) is 40.0 Å². The zero-order chi connectivity index (χ0) is 15.6. The van der Waals surface area contributed by atoms with Gasteiger partial charge >= 0.3 is 8.80 Å². The fraction of sp³-hybridized carbons (Fsp3) is 0.750. The Hall–Kier alpha value is -1.41. The largest absolute Gasteiger partial charge is 0.701 e. The molecule has 0 saturated heterocycles. The normalized spacial score (nSPS) is 10.8. The molecule has 0 radical (unpaired) electrons. The van der Waals surface area contributed by atoms with Crippen LogP contribution in [0.1, 0.15) is 40.0 Å². The van der Waals surface area contributed by atoms with Crippen molar-refractivity contribution in [3.05, 3.63) is 0 Å². The van der Waals surface area contributed by atoms with Gasteiger partial charge in [0.2, 0.25) is 0 Å². The Bertz CT molecular complexity index is 327. The van der Waals surface area contributed by atoms with Crippen molar-refractivity contribution in [2.45, 2.75) is 46.6 Å². The van der Waals surface area contributed by atoms with Gasteiger partial charge in [-0.05, 0) is 19.8 Å². The monoisotopic (exact) mass is 306 g/mol. The quantitative estimate of drug-likeness (QED) is 0.470. The Labute approximate surface area is 119 Å². The number of unbranched alkanes of at least 4 members (excludes halogenated alkanes) is 1. The maximum Gasteiger partial charge on any atom is 0.701 e. The van der Waals surface area contributed by atoms with Crippen LogP contribution in [0, 0.1) is 0 Å². The second kappa shape index (κ2) is 9.48. The lowest BCUT2D eigenvalue weighted by molar-refractivity contribution is -0.148. The van der Waals surface area contributed by atoms with Crippen molar-refractivity contribution < 1.29 is 32.4 Å². The summed E-state index contributed by atoms with van der Waals surface area (Å²) in [4.78, 5) is 33.6. The van der Waals surface area contributed by atoms with Gasteiger partial charge < -0.3 is 18.0 Å². The maximum absolute atomic E-state index is 11.6. The molecule has 0 aromatic rings. The highest BCUT2D eigenvalue weighted by Crippen LogP contribution is 2.12. The number of carbonyl (C=O) groups excluding carboxylic acids is 3. The smallest absolute Gasteiger partial charge is 0.455 e. The summed E-state index contributed by atoms with van der Waals surface area (Å²) in [7, 11) is -3.59. The molecule has 0 atom stereocenters. The van der Waals surface area contributed by atoms with Gasteiger partial charge in [-0.1, -0.05) is 0 Å². The Morgan fingerprint density at radius 3 is 1.95 bits per heavy atom. The van der Waals surface area contributed by atoms with E-state index in [1.54, 1.807) is 0 Å². The Morgan fingerprint density at radius 1 is 0.950 bits per heavy atom. The summed E-state index contributed by atoms with van der Waals surface area (Å²) in [5.74, 6) is -1.88. The first-order chi connectivity index (χ1) is 9.29. The van der Waals surface area contributed by atoms with E-state index in [0.29, 0.717) is 19.6 Å². The fourth-order valence-corrected chi connectivity index (χ4v) is 3.15. The predicted octanol–water partition coefficient (Wildman–Crippen LogP) is 1.43. The standard InChI is InChI=1S/C12H22O7Si/c1-5-16-9-7-6-8-12(15)19-20(4,17-10(2)13)18-11(3)14/h5-9H2,1-4H3. The van der Waals surface area contributed by atoms with Gasteiger partial charge in [0.15, 0.2) is 0 Å². The van der Waals surface area contributed by atoms with Crippen molar-refractivity contribution in [2.75, 3.05) is 13.2 Å². The highest BCUT2D eigenvalue weighted by atomic mass is 28.4. The molecule has 0 aliphatic carbocycles. The average Bonchev–Trinajstić information content (AvgIpc) is 2.25. The molecule has 0 spiro atoms. The SMILES string of the molecule is CCOCCCCC(=O)O[Si](C)(OC(C)=O)OC(C)=O. The van der Waals surface area contributed by atoms with E-state index in [1.807, 2.05) is 6.92 Å². The zero-order valence-corrected chi connectivity index (χ0v) is 13.4. The maximum atomic E-state index is 11.6. The lowest BCUT2D eigenvalue weighted by Gasteiger charge is -2.23. The van der Waals surface area contributed by atoms with Crippen LogP contribution in [-0.2, 0) is 32.4 Å². The molecule has 8 heteroatoms. The summed E-state index contributed by atoms with van der Waals surface area (Å²) >= 11 is 0. The van der Waals surface area contributed by atoms with Crippen LogP contribution in [0.15, 0.2) is 0 Å². The number of hydrogen-bond donors (Lipinski definition) is 0. The Morgan fingerprint density at radius 2 is 1.50 bits per heavy atom. The third-order valence-electron chi connectivity index (χ3n) is 2.08.